The van der Waals surface area contributed by atoms with Gasteiger partial charge in [0.25, 0.3) is 0 Å². The Kier molecular flexibility index (Phi) is 4.66. The standard InChI is InChI=1S/C15H16BrFN2/c1-10-7-11(5-6-19-10)15(18-2)9-12-8-13(16)3-4-14(12)17/h3-8,15,18H,9H2,1-2H3. The number of halogens is 2. The number of rotatable bonds is 4. The van der Waals surface area contributed by atoms with E-state index in [9.17, 15) is 4.39 Å². The fourth-order valence-electron chi connectivity index (χ4n) is 2.09. The molecule has 1 aromatic carbocycles. The summed E-state index contributed by atoms with van der Waals surface area (Å²) in [4.78, 5) is 4.19. The topological polar surface area (TPSA) is 24.9 Å². The summed E-state index contributed by atoms with van der Waals surface area (Å²) < 4.78 is 14.7. The highest BCUT2D eigenvalue weighted by Gasteiger charge is 2.13. The number of nitrogens with zero attached hydrogens (tertiary/aromatic N) is 1. The molecule has 0 aliphatic heterocycles. The van der Waals surface area contributed by atoms with Crippen molar-refractivity contribution < 1.29 is 4.39 Å². The van der Waals surface area contributed by atoms with Gasteiger partial charge in [-0.2, -0.15) is 0 Å². The van der Waals surface area contributed by atoms with Crippen LogP contribution < -0.4 is 5.32 Å². The van der Waals surface area contributed by atoms with Gasteiger partial charge in [0.05, 0.1) is 0 Å². The zero-order valence-electron chi connectivity index (χ0n) is 11.0. The molecule has 100 valence electrons. The third-order valence-corrected chi connectivity index (χ3v) is 3.60. The predicted molar refractivity (Wildman–Crippen MR) is 78.6 cm³/mol. The van der Waals surface area contributed by atoms with Crippen LogP contribution in [0.15, 0.2) is 41.0 Å². The number of likely N-dealkylation sites (N-methyl/N-ethyl adjacent to an activating group) is 1. The van der Waals surface area contributed by atoms with E-state index in [2.05, 4.69) is 26.2 Å². The lowest BCUT2D eigenvalue weighted by atomic mass is 9.99. The lowest BCUT2D eigenvalue weighted by molar-refractivity contribution is 0.553. The second-order valence-electron chi connectivity index (χ2n) is 4.51. The average Bonchev–Trinajstić information content (AvgIpc) is 2.39. The number of aryl methyl sites for hydroxylation is 1. The van der Waals surface area contributed by atoms with Crippen LogP contribution in [0.5, 0.6) is 0 Å². The summed E-state index contributed by atoms with van der Waals surface area (Å²) in [6, 6.07) is 9.09. The normalized spacial score (nSPS) is 12.4. The van der Waals surface area contributed by atoms with Crippen LogP contribution >= 0.6 is 15.9 Å². The number of hydrogen-bond donors (Lipinski definition) is 1. The first kappa shape index (κ1) is 14.2. The van der Waals surface area contributed by atoms with E-state index in [1.165, 1.54) is 6.07 Å². The van der Waals surface area contributed by atoms with Gasteiger partial charge in [-0.3, -0.25) is 4.98 Å². The summed E-state index contributed by atoms with van der Waals surface area (Å²) in [5, 5.41) is 3.23. The second-order valence-corrected chi connectivity index (χ2v) is 5.43. The van der Waals surface area contributed by atoms with Crippen LogP contribution in [0.2, 0.25) is 0 Å². The van der Waals surface area contributed by atoms with Crippen LogP contribution in [0.1, 0.15) is 22.9 Å². The van der Waals surface area contributed by atoms with Gasteiger partial charge in [-0.15, -0.1) is 0 Å². The molecule has 0 aliphatic rings. The highest BCUT2D eigenvalue weighted by atomic mass is 79.9. The van der Waals surface area contributed by atoms with E-state index in [4.69, 9.17) is 0 Å². The molecule has 0 amide bonds. The Hall–Kier alpha value is -1.26. The molecule has 1 N–H and O–H groups in total. The minimum atomic E-state index is -0.172. The number of pyridine rings is 1. The molecule has 1 aromatic heterocycles. The van der Waals surface area contributed by atoms with Crippen LogP contribution in [0.4, 0.5) is 4.39 Å². The maximum Gasteiger partial charge on any atom is 0.126 e. The van der Waals surface area contributed by atoms with Gasteiger partial charge in [0.15, 0.2) is 0 Å². The third kappa shape index (κ3) is 3.61. The van der Waals surface area contributed by atoms with Crippen molar-refractivity contribution in [2.45, 2.75) is 19.4 Å². The number of nitrogens with one attached hydrogen (secondary N) is 1. The van der Waals surface area contributed by atoms with Crippen molar-refractivity contribution >= 4 is 15.9 Å². The van der Waals surface area contributed by atoms with Gasteiger partial charge in [0.2, 0.25) is 0 Å². The maximum absolute atomic E-state index is 13.8. The first-order chi connectivity index (χ1) is 9.10. The molecular formula is C15H16BrFN2. The maximum atomic E-state index is 13.8. The Balaban J connectivity index is 2.26. The van der Waals surface area contributed by atoms with Crippen molar-refractivity contribution in [3.8, 4) is 0 Å². The minimum Gasteiger partial charge on any atom is -0.313 e. The predicted octanol–water partition coefficient (Wildman–Crippen LogP) is 3.79. The average molecular weight is 323 g/mol. The van der Waals surface area contributed by atoms with Crippen molar-refractivity contribution in [2.24, 2.45) is 0 Å². The van der Waals surface area contributed by atoms with Crippen LogP contribution in [-0.2, 0) is 6.42 Å². The molecule has 0 aliphatic carbocycles. The van der Waals surface area contributed by atoms with E-state index in [0.717, 1.165) is 15.7 Å². The molecular weight excluding hydrogens is 307 g/mol. The fraction of sp³-hybridized carbons (Fsp3) is 0.267. The Bertz CT molecular complexity index is 572. The smallest absolute Gasteiger partial charge is 0.126 e. The van der Waals surface area contributed by atoms with Crippen molar-refractivity contribution in [3.63, 3.8) is 0 Å². The molecule has 0 radical (unpaired) electrons. The van der Waals surface area contributed by atoms with Crippen LogP contribution in [-0.4, -0.2) is 12.0 Å². The number of benzene rings is 1. The van der Waals surface area contributed by atoms with Crippen LogP contribution in [0, 0.1) is 12.7 Å². The summed E-state index contributed by atoms with van der Waals surface area (Å²) in [5.74, 6) is -0.172. The summed E-state index contributed by atoms with van der Waals surface area (Å²) in [6.45, 7) is 1.95. The van der Waals surface area contributed by atoms with Gasteiger partial charge in [-0.25, -0.2) is 4.39 Å². The van der Waals surface area contributed by atoms with E-state index < -0.39 is 0 Å². The van der Waals surface area contributed by atoms with E-state index in [0.29, 0.717) is 12.0 Å². The van der Waals surface area contributed by atoms with Crippen molar-refractivity contribution in [2.75, 3.05) is 7.05 Å². The zero-order valence-corrected chi connectivity index (χ0v) is 12.5. The van der Waals surface area contributed by atoms with Crippen molar-refractivity contribution in [1.82, 2.24) is 10.3 Å². The monoisotopic (exact) mass is 322 g/mol. The zero-order chi connectivity index (χ0) is 13.8. The molecule has 0 fully saturated rings. The molecule has 0 spiro atoms. The highest BCUT2D eigenvalue weighted by molar-refractivity contribution is 9.10. The van der Waals surface area contributed by atoms with Crippen LogP contribution in [0.25, 0.3) is 0 Å². The first-order valence-electron chi connectivity index (χ1n) is 6.14. The second kappa shape index (κ2) is 6.26. The van der Waals surface area contributed by atoms with E-state index >= 15 is 0 Å². The minimum absolute atomic E-state index is 0.0745. The molecule has 2 nitrogen and oxygen atoms in total. The molecule has 1 atom stereocenters. The molecule has 4 heteroatoms. The molecule has 2 rings (SSSR count). The van der Waals surface area contributed by atoms with Crippen LogP contribution in [0.3, 0.4) is 0 Å². The number of hydrogen-bond acceptors (Lipinski definition) is 2. The van der Waals surface area contributed by atoms with Gasteiger partial charge in [0, 0.05) is 22.4 Å². The molecule has 0 saturated carbocycles. The molecule has 0 bridgehead atoms. The summed E-state index contributed by atoms with van der Waals surface area (Å²) >= 11 is 3.38. The molecule has 2 aromatic rings. The first-order valence-corrected chi connectivity index (χ1v) is 6.93. The quantitative estimate of drug-likeness (QED) is 0.926. The molecule has 0 saturated heterocycles. The van der Waals surface area contributed by atoms with Gasteiger partial charge >= 0.3 is 0 Å². The SMILES string of the molecule is CNC(Cc1cc(Br)ccc1F)c1ccnc(C)c1. The largest absolute Gasteiger partial charge is 0.313 e. The fourth-order valence-corrected chi connectivity index (χ4v) is 2.50. The van der Waals surface area contributed by atoms with E-state index in [-0.39, 0.29) is 11.9 Å². The number of aromatic nitrogens is 1. The Morgan fingerprint density at radius 1 is 1.32 bits per heavy atom. The van der Waals surface area contributed by atoms with Crippen molar-refractivity contribution in [3.05, 3.63) is 63.6 Å². The summed E-state index contributed by atoms with van der Waals surface area (Å²) in [6.07, 6.45) is 2.39. The highest BCUT2D eigenvalue weighted by Crippen LogP contribution is 2.22. The van der Waals surface area contributed by atoms with Gasteiger partial charge < -0.3 is 5.32 Å². The Morgan fingerprint density at radius 3 is 2.79 bits per heavy atom. The summed E-state index contributed by atoms with van der Waals surface area (Å²) in [5.41, 5.74) is 2.78. The van der Waals surface area contributed by atoms with Gasteiger partial charge in [-0.05, 0) is 61.9 Å². The van der Waals surface area contributed by atoms with E-state index in [1.807, 2.05) is 32.2 Å². The lowest BCUT2D eigenvalue weighted by Crippen LogP contribution is -2.19. The summed E-state index contributed by atoms with van der Waals surface area (Å²) in [7, 11) is 1.89. The van der Waals surface area contributed by atoms with Crippen molar-refractivity contribution in [1.29, 1.82) is 0 Å². The Morgan fingerprint density at radius 2 is 2.11 bits per heavy atom. The van der Waals surface area contributed by atoms with Gasteiger partial charge in [-0.1, -0.05) is 15.9 Å². The lowest BCUT2D eigenvalue weighted by Gasteiger charge is -2.17. The molecule has 1 unspecified atom stereocenters. The van der Waals surface area contributed by atoms with E-state index in [1.54, 1.807) is 12.3 Å². The van der Waals surface area contributed by atoms with Gasteiger partial charge in [0.1, 0.15) is 5.82 Å². The Labute approximate surface area is 121 Å². The third-order valence-electron chi connectivity index (χ3n) is 3.10. The molecule has 1 heterocycles. The molecule has 19 heavy (non-hydrogen) atoms.